The number of hydrogen-bond acceptors (Lipinski definition) is 3. The highest BCUT2D eigenvalue weighted by molar-refractivity contribution is 5.89. The summed E-state index contributed by atoms with van der Waals surface area (Å²) in [6.45, 7) is 4.02. The molecular formula is C18H26N2O3. The molecule has 126 valence electrons. The summed E-state index contributed by atoms with van der Waals surface area (Å²) in [7, 11) is 0. The molecular weight excluding hydrogens is 292 g/mol. The van der Waals surface area contributed by atoms with Crippen LogP contribution < -0.4 is 10.1 Å². The first kappa shape index (κ1) is 16.1. The molecule has 0 unspecified atom stereocenters. The van der Waals surface area contributed by atoms with Crippen molar-refractivity contribution in [2.75, 3.05) is 25.1 Å². The number of benzene rings is 1. The van der Waals surface area contributed by atoms with Gasteiger partial charge in [-0.05, 0) is 63.3 Å². The lowest BCUT2D eigenvalue weighted by molar-refractivity contribution is 0.143. The van der Waals surface area contributed by atoms with Crippen LogP contribution in [-0.4, -0.2) is 42.8 Å². The number of anilines is 1. The van der Waals surface area contributed by atoms with Crippen molar-refractivity contribution < 1.29 is 14.3 Å². The van der Waals surface area contributed by atoms with Crippen molar-refractivity contribution in [3.8, 4) is 5.75 Å². The lowest BCUT2D eigenvalue weighted by atomic mass is 10.2. The zero-order valence-corrected chi connectivity index (χ0v) is 13.8. The highest BCUT2D eigenvalue weighted by Gasteiger charge is 2.22. The number of nitrogens with one attached hydrogen (secondary N) is 1. The average Bonchev–Trinajstić information content (AvgIpc) is 2.96. The van der Waals surface area contributed by atoms with Gasteiger partial charge in [-0.3, -0.25) is 0 Å². The Hall–Kier alpha value is -1.75. The molecule has 2 aliphatic rings. The first-order chi connectivity index (χ1) is 11.2. The maximum atomic E-state index is 12.4. The summed E-state index contributed by atoms with van der Waals surface area (Å²) in [6, 6.07) is 7.81. The number of hydrogen-bond donors (Lipinski definition) is 1. The zero-order valence-electron chi connectivity index (χ0n) is 13.8. The molecule has 0 bridgehead atoms. The van der Waals surface area contributed by atoms with Crippen molar-refractivity contribution in [3.05, 3.63) is 24.3 Å². The Balaban J connectivity index is 1.55. The minimum absolute atomic E-state index is 0.0625. The van der Waals surface area contributed by atoms with Crippen molar-refractivity contribution in [1.82, 2.24) is 4.90 Å². The largest absolute Gasteiger partial charge is 0.490 e. The number of rotatable bonds is 3. The minimum atomic E-state index is -0.0625. The fourth-order valence-electron chi connectivity index (χ4n) is 3.21. The number of nitrogens with zero attached hydrogens (tertiary/aromatic N) is 1. The molecule has 1 atom stereocenters. The summed E-state index contributed by atoms with van der Waals surface area (Å²) in [6.07, 6.45) is 6.04. The zero-order chi connectivity index (χ0) is 16.1. The van der Waals surface area contributed by atoms with Crippen molar-refractivity contribution >= 4 is 11.7 Å². The Bertz CT molecular complexity index is 512. The smallest absolute Gasteiger partial charge is 0.322 e. The van der Waals surface area contributed by atoms with E-state index >= 15 is 0 Å². The van der Waals surface area contributed by atoms with Crippen LogP contribution in [0.2, 0.25) is 0 Å². The molecule has 1 aliphatic carbocycles. The van der Waals surface area contributed by atoms with Gasteiger partial charge in [0.25, 0.3) is 0 Å². The summed E-state index contributed by atoms with van der Waals surface area (Å²) in [4.78, 5) is 14.3. The van der Waals surface area contributed by atoms with Crippen LogP contribution in [-0.2, 0) is 4.74 Å². The van der Waals surface area contributed by atoms with Gasteiger partial charge in [0, 0.05) is 24.9 Å². The number of carbonyl (C=O) groups is 1. The summed E-state index contributed by atoms with van der Waals surface area (Å²) >= 11 is 0. The molecule has 2 amide bonds. The van der Waals surface area contributed by atoms with Crippen LogP contribution >= 0.6 is 0 Å². The van der Waals surface area contributed by atoms with Crippen LogP contribution in [0.15, 0.2) is 24.3 Å². The number of amides is 2. The fourth-order valence-corrected chi connectivity index (χ4v) is 3.21. The Labute approximate surface area is 137 Å². The van der Waals surface area contributed by atoms with E-state index in [0.29, 0.717) is 19.3 Å². The van der Waals surface area contributed by atoms with Gasteiger partial charge in [-0.25, -0.2) is 4.79 Å². The topological polar surface area (TPSA) is 50.8 Å². The monoisotopic (exact) mass is 318 g/mol. The Morgan fingerprint density at radius 2 is 1.91 bits per heavy atom. The van der Waals surface area contributed by atoms with E-state index in [1.54, 1.807) is 0 Å². The van der Waals surface area contributed by atoms with E-state index < -0.39 is 0 Å². The molecule has 1 saturated heterocycles. The molecule has 23 heavy (non-hydrogen) atoms. The third-order valence-electron chi connectivity index (χ3n) is 4.66. The Morgan fingerprint density at radius 3 is 2.65 bits per heavy atom. The molecule has 1 heterocycles. The van der Waals surface area contributed by atoms with Crippen LogP contribution in [0.1, 0.15) is 39.0 Å². The van der Waals surface area contributed by atoms with Crippen LogP contribution in [0.4, 0.5) is 10.5 Å². The molecule has 0 radical (unpaired) electrons. The van der Waals surface area contributed by atoms with Gasteiger partial charge in [-0.1, -0.05) is 0 Å². The van der Waals surface area contributed by atoms with Gasteiger partial charge in [-0.15, -0.1) is 0 Å². The summed E-state index contributed by atoms with van der Waals surface area (Å²) in [5.74, 6) is 0.881. The van der Waals surface area contributed by atoms with Crippen LogP contribution in [0.3, 0.4) is 0 Å². The van der Waals surface area contributed by atoms with Gasteiger partial charge < -0.3 is 19.7 Å². The highest BCUT2D eigenvalue weighted by Crippen LogP contribution is 2.25. The highest BCUT2D eigenvalue weighted by atomic mass is 16.5. The van der Waals surface area contributed by atoms with E-state index in [2.05, 4.69) is 12.2 Å². The van der Waals surface area contributed by atoms with Gasteiger partial charge >= 0.3 is 6.03 Å². The first-order valence-electron chi connectivity index (χ1n) is 8.64. The van der Waals surface area contributed by atoms with Gasteiger partial charge in [0.2, 0.25) is 0 Å². The quantitative estimate of drug-likeness (QED) is 0.925. The standard InChI is InChI=1S/C18H26N2O3/c1-14-10-12-22-13-11-20(14)18(21)19-15-6-8-17(9-7-15)23-16-4-2-3-5-16/h6-9,14,16H,2-5,10-13H2,1H3,(H,19,21)/t14-/m0/s1. The van der Waals surface area contributed by atoms with E-state index in [1.807, 2.05) is 29.2 Å². The Morgan fingerprint density at radius 1 is 1.17 bits per heavy atom. The molecule has 1 saturated carbocycles. The average molecular weight is 318 g/mol. The third kappa shape index (κ3) is 4.38. The number of carbonyl (C=O) groups excluding carboxylic acids is 1. The van der Waals surface area contributed by atoms with Gasteiger partial charge in [-0.2, -0.15) is 0 Å². The molecule has 1 N–H and O–H groups in total. The third-order valence-corrected chi connectivity index (χ3v) is 4.66. The fraction of sp³-hybridized carbons (Fsp3) is 0.611. The molecule has 0 spiro atoms. The van der Waals surface area contributed by atoms with Crippen LogP contribution in [0.25, 0.3) is 0 Å². The Kier molecular flexibility index (Phi) is 5.39. The van der Waals surface area contributed by atoms with E-state index in [1.165, 1.54) is 12.8 Å². The van der Waals surface area contributed by atoms with Crippen molar-refractivity contribution in [2.24, 2.45) is 0 Å². The summed E-state index contributed by atoms with van der Waals surface area (Å²) in [5, 5.41) is 2.97. The molecule has 1 aromatic carbocycles. The van der Waals surface area contributed by atoms with Gasteiger partial charge in [0.15, 0.2) is 0 Å². The van der Waals surface area contributed by atoms with Crippen LogP contribution in [0, 0.1) is 0 Å². The first-order valence-corrected chi connectivity index (χ1v) is 8.64. The molecule has 2 fully saturated rings. The minimum Gasteiger partial charge on any atom is -0.490 e. The summed E-state index contributed by atoms with van der Waals surface area (Å²) in [5.41, 5.74) is 0.797. The van der Waals surface area contributed by atoms with E-state index in [9.17, 15) is 4.79 Å². The molecule has 0 aromatic heterocycles. The molecule has 5 heteroatoms. The van der Waals surface area contributed by atoms with Crippen molar-refractivity contribution in [1.29, 1.82) is 0 Å². The van der Waals surface area contributed by atoms with E-state index in [4.69, 9.17) is 9.47 Å². The lowest BCUT2D eigenvalue weighted by Gasteiger charge is -2.26. The van der Waals surface area contributed by atoms with Crippen molar-refractivity contribution in [2.45, 2.75) is 51.2 Å². The molecule has 5 nitrogen and oxygen atoms in total. The predicted molar refractivity (Wildman–Crippen MR) is 89.9 cm³/mol. The van der Waals surface area contributed by atoms with Crippen LogP contribution in [0.5, 0.6) is 5.75 Å². The van der Waals surface area contributed by atoms with E-state index in [-0.39, 0.29) is 12.1 Å². The van der Waals surface area contributed by atoms with Crippen molar-refractivity contribution in [3.63, 3.8) is 0 Å². The second kappa shape index (κ2) is 7.68. The van der Waals surface area contributed by atoms with Gasteiger partial charge in [0.1, 0.15) is 5.75 Å². The molecule has 1 aromatic rings. The normalized spacial score (nSPS) is 22.7. The maximum absolute atomic E-state index is 12.4. The lowest BCUT2D eigenvalue weighted by Crippen LogP contribution is -2.42. The maximum Gasteiger partial charge on any atom is 0.322 e. The second-order valence-electron chi connectivity index (χ2n) is 6.42. The van der Waals surface area contributed by atoms with Gasteiger partial charge in [0.05, 0.1) is 12.7 Å². The number of urea groups is 1. The molecule has 3 rings (SSSR count). The SMILES string of the molecule is C[C@H]1CCOCCN1C(=O)Nc1ccc(OC2CCCC2)cc1. The second-order valence-corrected chi connectivity index (χ2v) is 6.42. The summed E-state index contributed by atoms with van der Waals surface area (Å²) < 4.78 is 11.4. The number of ether oxygens (including phenoxy) is 2. The van der Waals surface area contributed by atoms with E-state index in [0.717, 1.165) is 37.3 Å². The predicted octanol–water partition coefficient (Wildman–Crippen LogP) is 3.65. The molecule has 1 aliphatic heterocycles.